The first-order chi connectivity index (χ1) is 19.8. The molecule has 1 aromatic carbocycles. The van der Waals surface area contributed by atoms with Gasteiger partial charge in [0.15, 0.2) is 6.10 Å². The Morgan fingerprint density at radius 1 is 1.10 bits per heavy atom. The summed E-state index contributed by atoms with van der Waals surface area (Å²) in [5, 5.41) is 10.4. The molecule has 0 saturated carbocycles. The summed E-state index contributed by atoms with van der Waals surface area (Å²) in [5.41, 5.74) is 4.40. The van der Waals surface area contributed by atoms with Crippen LogP contribution in [0.2, 0.25) is 0 Å². The van der Waals surface area contributed by atoms with E-state index in [0.29, 0.717) is 53.5 Å². The average Bonchev–Trinajstić information content (AvgIpc) is 2.94. The van der Waals surface area contributed by atoms with Gasteiger partial charge in [-0.1, -0.05) is 32.9 Å². The molecule has 3 heterocycles. The van der Waals surface area contributed by atoms with E-state index in [-0.39, 0.29) is 11.2 Å². The minimum Gasteiger partial charge on any atom is -0.479 e. The van der Waals surface area contributed by atoms with Crippen molar-refractivity contribution in [1.82, 2.24) is 15.0 Å². The molecule has 0 bridgehead atoms. The molecular formula is C33H43FN4O4. The summed E-state index contributed by atoms with van der Waals surface area (Å²) >= 11 is 0. The predicted octanol–water partition coefficient (Wildman–Crippen LogP) is 6.87. The average molecular weight is 579 g/mol. The largest absolute Gasteiger partial charge is 0.479 e. The highest BCUT2D eigenvalue weighted by Gasteiger charge is 2.36. The highest BCUT2D eigenvalue weighted by atomic mass is 19.1. The van der Waals surface area contributed by atoms with Gasteiger partial charge in [0.05, 0.1) is 29.8 Å². The van der Waals surface area contributed by atoms with Crippen LogP contribution in [0.25, 0.3) is 11.3 Å². The van der Waals surface area contributed by atoms with Gasteiger partial charge in [-0.05, 0) is 70.1 Å². The number of ether oxygens (including phenoxy) is 2. The van der Waals surface area contributed by atoms with Crippen molar-refractivity contribution in [3.8, 4) is 17.1 Å². The summed E-state index contributed by atoms with van der Waals surface area (Å²) in [6.07, 6.45) is 5.42. The van der Waals surface area contributed by atoms with Crippen LogP contribution in [0.5, 0.6) is 5.88 Å². The van der Waals surface area contributed by atoms with Crippen molar-refractivity contribution in [2.45, 2.75) is 85.9 Å². The van der Waals surface area contributed by atoms with Gasteiger partial charge in [0.2, 0.25) is 5.88 Å². The van der Waals surface area contributed by atoms with Gasteiger partial charge in [-0.15, -0.1) is 0 Å². The van der Waals surface area contributed by atoms with Gasteiger partial charge in [0.1, 0.15) is 11.5 Å². The Morgan fingerprint density at radius 2 is 1.76 bits per heavy atom. The van der Waals surface area contributed by atoms with Crippen molar-refractivity contribution < 1.29 is 23.8 Å². The summed E-state index contributed by atoms with van der Waals surface area (Å²) in [7, 11) is 0. The number of halogens is 1. The first-order valence-electron chi connectivity index (χ1n) is 14.7. The smallest absolute Gasteiger partial charge is 0.337 e. The van der Waals surface area contributed by atoms with Crippen LogP contribution in [0.15, 0.2) is 36.7 Å². The third-order valence-corrected chi connectivity index (χ3v) is 8.22. The zero-order chi connectivity index (χ0) is 30.7. The maximum atomic E-state index is 13.2. The Bertz CT molecular complexity index is 1400. The number of aryl methyl sites for hydroxylation is 2. The van der Waals surface area contributed by atoms with Gasteiger partial charge in [-0.2, -0.15) is 0 Å². The number of piperidine rings is 1. The zero-order valence-electron chi connectivity index (χ0n) is 25.8. The standard InChI is InChI=1S/C33H43FN4O4/c1-8-33(6,7)42-29(31(39)40)27-21(2)35-19-25(28(27)38-16-14-32(4,5)15-17-38)26-20-36-30(22(3)37-26)41-18-13-23-9-11-24(34)12-10-23/h9-12,19-20,29H,8,13-18H2,1-7H3,(H,39,40)/t29-/m0/s1. The maximum absolute atomic E-state index is 13.2. The second-order valence-electron chi connectivity index (χ2n) is 12.5. The number of benzene rings is 1. The summed E-state index contributed by atoms with van der Waals surface area (Å²) in [6.45, 7) is 15.9. The van der Waals surface area contributed by atoms with Gasteiger partial charge in [0, 0.05) is 42.5 Å². The summed E-state index contributed by atoms with van der Waals surface area (Å²) < 4.78 is 25.4. The number of carbonyl (C=O) groups is 1. The molecule has 42 heavy (non-hydrogen) atoms. The lowest BCUT2D eigenvalue weighted by Crippen LogP contribution is -2.39. The molecule has 1 saturated heterocycles. The Morgan fingerprint density at radius 3 is 2.36 bits per heavy atom. The minimum atomic E-state index is -1.19. The SMILES string of the molecule is CCC(C)(C)O[C@H](C(=O)O)c1c(C)ncc(-c2cnc(OCCc3ccc(F)cc3)c(C)n2)c1N1CCC(C)(C)CC1. The van der Waals surface area contributed by atoms with E-state index < -0.39 is 17.7 Å². The molecule has 2 aromatic heterocycles. The molecular weight excluding hydrogens is 535 g/mol. The minimum absolute atomic E-state index is 0.203. The van der Waals surface area contributed by atoms with Crippen LogP contribution < -0.4 is 9.64 Å². The molecule has 4 rings (SSSR count). The summed E-state index contributed by atoms with van der Waals surface area (Å²) in [4.78, 5) is 29.0. The number of aromatic nitrogens is 3. The van der Waals surface area contributed by atoms with Gasteiger partial charge >= 0.3 is 5.97 Å². The lowest BCUT2D eigenvalue weighted by molar-refractivity contribution is -0.162. The van der Waals surface area contributed by atoms with E-state index in [2.05, 4.69) is 28.7 Å². The van der Waals surface area contributed by atoms with E-state index in [9.17, 15) is 14.3 Å². The van der Waals surface area contributed by atoms with Crippen LogP contribution in [0.1, 0.15) is 82.5 Å². The molecule has 1 fully saturated rings. The number of aliphatic carboxylic acids is 1. The topological polar surface area (TPSA) is 97.7 Å². The summed E-state index contributed by atoms with van der Waals surface area (Å²) in [6, 6.07) is 6.34. The van der Waals surface area contributed by atoms with E-state index in [1.807, 2.05) is 34.6 Å². The molecule has 0 unspecified atom stereocenters. The predicted molar refractivity (Wildman–Crippen MR) is 161 cm³/mol. The normalized spacial score (nSPS) is 15.9. The molecule has 3 aromatic rings. The van der Waals surface area contributed by atoms with Crippen LogP contribution in [-0.2, 0) is 16.0 Å². The number of nitrogens with zero attached hydrogens (tertiary/aromatic N) is 4. The molecule has 0 radical (unpaired) electrons. The van der Waals surface area contributed by atoms with Crippen molar-refractivity contribution in [2.24, 2.45) is 5.41 Å². The van der Waals surface area contributed by atoms with Crippen molar-refractivity contribution in [3.63, 3.8) is 0 Å². The van der Waals surface area contributed by atoms with Crippen molar-refractivity contribution in [1.29, 1.82) is 0 Å². The van der Waals surface area contributed by atoms with Crippen LogP contribution in [0.3, 0.4) is 0 Å². The second-order valence-corrected chi connectivity index (χ2v) is 12.5. The van der Waals surface area contributed by atoms with Crippen LogP contribution in [0, 0.1) is 25.1 Å². The molecule has 1 N–H and O–H groups in total. The van der Waals surface area contributed by atoms with Crippen molar-refractivity contribution >= 4 is 11.7 Å². The zero-order valence-corrected chi connectivity index (χ0v) is 25.8. The quantitative estimate of drug-likeness (QED) is 0.263. The number of carboxylic acids is 1. The van der Waals surface area contributed by atoms with Crippen LogP contribution in [0.4, 0.5) is 10.1 Å². The molecule has 8 nitrogen and oxygen atoms in total. The number of hydrogen-bond donors (Lipinski definition) is 1. The Labute approximate surface area is 248 Å². The highest BCUT2D eigenvalue weighted by molar-refractivity contribution is 5.85. The number of rotatable bonds is 11. The Balaban J connectivity index is 1.72. The molecule has 226 valence electrons. The van der Waals surface area contributed by atoms with Crippen LogP contribution in [-0.4, -0.2) is 51.3 Å². The van der Waals surface area contributed by atoms with E-state index in [4.69, 9.17) is 14.5 Å². The van der Waals surface area contributed by atoms with Gasteiger partial charge in [0.25, 0.3) is 0 Å². The number of anilines is 1. The molecule has 1 aliphatic rings. The van der Waals surface area contributed by atoms with E-state index in [0.717, 1.165) is 37.2 Å². The monoisotopic (exact) mass is 578 g/mol. The highest BCUT2D eigenvalue weighted by Crippen LogP contribution is 2.43. The first-order valence-corrected chi connectivity index (χ1v) is 14.7. The third-order valence-electron chi connectivity index (χ3n) is 8.22. The molecule has 0 amide bonds. The Hall–Kier alpha value is -3.59. The van der Waals surface area contributed by atoms with Gasteiger partial charge < -0.3 is 19.5 Å². The van der Waals surface area contributed by atoms with Gasteiger partial charge in [-0.25, -0.2) is 19.2 Å². The van der Waals surface area contributed by atoms with Crippen molar-refractivity contribution in [3.05, 3.63) is 65.0 Å². The number of pyridine rings is 1. The summed E-state index contributed by atoms with van der Waals surface area (Å²) in [5.74, 6) is -0.906. The fourth-order valence-corrected chi connectivity index (χ4v) is 5.08. The van der Waals surface area contributed by atoms with Crippen LogP contribution >= 0.6 is 0 Å². The van der Waals surface area contributed by atoms with E-state index in [1.165, 1.54) is 12.1 Å². The van der Waals surface area contributed by atoms with E-state index >= 15 is 0 Å². The molecule has 1 aliphatic heterocycles. The maximum Gasteiger partial charge on any atom is 0.337 e. The lowest BCUT2D eigenvalue weighted by atomic mass is 9.82. The molecule has 0 aliphatic carbocycles. The van der Waals surface area contributed by atoms with Crippen molar-refractivity contribution in [2.75, 3.05) is 24.6 Å². The van der Waals surface area contributed by atoms with E-state index in [1.54, 1.807) is 24.5 Å². The molecule has 0 spiro atoms. The number of hydrogen-bond acceptors (Lipinski definition) is 7. The number of carboxylic acid groups (broad SMARTS) is 1. The fraction of sp³-hybridized carbons (Fsp3) is 0.515. The molecule has 9 heteroatoms. The first kappa shape index (κ1) is 31.3. The second kappa shape index (κ2) is 12.7. The molecule has 1 atom stereocenters. The fourth-order valence-electron chi connectivity index (χ4n) is 5.08. The Kier molecular flexibility index (Phi) is 9.50. The lowest BCUT2D eigenvalue weighted by Gasteiger charge is -2.41. The third kappa shape index (κ3) is 7.43. The van der Waals surface area contributed by atoms with Gasteiger partial charge in [-0.3, -0.25) is 4.98 Å².